The van der Waals surface area contributed by atoms with E-state index in [1.807, 2.05) is 0 Å². The first kappa shape index (κ1) is 17.8. The number of ether oxygens (including phenoxy) is 1. The van der Waals surface area contributed by atoms with Gasteiger partial charge in [-0.05, 0) is 20.8 Å². The maximum Gasteiger partial charge on any atom is 0.475 e. The molecule has 0 saturated carbocycles. The highest BCUT2D eigenvalue weighted by molar-refractivity contribution is 7.48. The van der Waals surface area contributed by atoms with Crippen molar-refractivity contribution in [3.8, 4) is 0 Å². The first-order valence-corrected chi connectivity index (χ1v) is 9.67. The fraction of sp³-hybridized carbons (Fsp3) is 0.643. The Hall–Kier alpha value is -1.62. The van der Waals surface area contributed by atoms with E-state index in [9.17, 15) is 9.67 Å². The summed E-state index contributed by atoms with van der Waals surface area (Å²) in [5.74, 6) is 0.224. The van der Waals surface area contributed by atoms with Crippen LogP contribution in [0.2, 0.25) is 0 Å². The molecule has 2 aromatic heterocycles. The fourth-order valence-corrected chi connectivity index (χ4v) is 4.94. The molecule has 3 N–H and O–H groups in total. The Morgan fingerprint density at radius 2 is 2.08 bits per heavy atom. The van der Waals surface area contributed by atoms with Gasteiger partial charge >= 0.3 is 7.82 Å². The number of aliphatic hydroxyl groups excluding tert-OH is 1. The van der Waals surface area contributed by atoms with Gasteiger partial charge in [0, 0.05) is 0 Å². The minimum Gasteiger partial charge on any atom is -0.386 e. The third-order valence-corrected chi connectivity index (χ3v) is 6.03. The molecule has 2 aliphatic rings. The Labute approximate surface area is 149 Å². The van der Waals surface area contributed by atoms with Crippen molar-refractivity contribution >= 4 is 24.8 Å². The fourth-order valence-electron chi connectivity index (χ4n) is 3.21. The molecule has 4 rings (SSSR count). The van der Waals surface area contributed by atoms with Gasteiger partial charge in [0.1, 0.15) is 30.2 Å². The molecule has 0 radical (unpaired) electrons. The number of hydrogen-bond donors (Lipinski definition) is 2. The summed E-state index contributed by atoms with van der Waals surface area (Å²) in [6, 6.07) is 0. The standard InChI is InChI=1S/C14H20N5O6P/c1-6(2)23-26(21)24-7(3)10-11(25-26)9(20)14(22-10)19-5-18-8-12(15)16-4-17-13(8)19/h4-7,9-11,14,20H,1-3H3,(H2,15,16,17)/t7?,9-,10-,11+,14-,26?/m1/s1. The van der Waals surface area contributed by atoms with Gasteiger partial charge in [-0.25, -0.2) is 19.5 Å². The molecule has 142 valence electrons. The van der Waals surface area contributed by atoms with Gasteiger partial charge in [-0.1, -0.05) is 0 Å². The molecule has 2 unspecified atom stereocenters. The van der Waals surface area contributed by atoms with E-state index in [1.165, 1.54) is 12.7 Å². The predicted octanol–water partition coefficient (Wildman–Crippen LogP) is 1.00. The molecule has 11 nitrogen and oxygen atoms in total. The minimum atomic E-state index is -3.80. The topological polar surface area (TPSA) is 144 Å². The second kappa shape index (κ2) is 6.22. The van der Waals surface area contributed by atoms with Gasteiger partial charge in [0.2, 0.25) is 0 Å². The second-order valence-electron chi connectivity index (χ2n) is 6.55. The molecule has 26 heavy (non-hydrogen) atoms. The lowest BCUT2D eigenvalue weighted by atomic mass is 10.1. The average Bonchev–Trinajstić information content (AvgIpc) is 3.09. The monoisotopic (exact) mass is 385 g/mol. The van der Waals surface area contributed by atoms with Crippen molar-refractivity contribution in [3.05, 3.63) is 12.7 Å². The van der Waals surface area contributed by atoms with Gasteiger partial charge in [0.15, 0.2) is 17.7 Å². The minimum absolute atomic E-state index is 0.224. The SMILES string of the molecule is CC(C)OP1(=O)OC(C)[C@H]2O[C@@H](n3cnc4c(N)ncnc43)[C@H](O)[C@@H]2O1. The van der Waals surface area contributed by atoms with Gasteiger partial charge in [0.25, 0.3) is 0 Å². The molecule has 2 aromatic rings. The van der Waals surface area contributed by atoms with E-state index in [0.717, 1.165) is 0 Å². The molecule has 0 aromatic carbocycles. The van der Waals surface area contributed by atoms with Crippen molar-refractivity contribution in [1.82, 2.24) is 19.5 Å². The van der Waals surface area contributed by atoms with E-state index >= 15 is 0 Å². The summed E-state index contributed by atoms with van der Waals surface area (Å²) < 4.78 is 36.4. The van der Waals surface area contributed by atoms with Gasteiger partial charge in [0.05, 0.1) is 18.5 Å². The molecule has 4 heterocycles. The van der Waals surface area contributed by atoms with Crippen molar-refractivity contribution in [2.45, 2.75) is 57.5 Å². The number of fused-ring (bicyclic) bond motifs is 2. The number of anilines is 1. The first-order valence-electron chi connectivity index (χ1n) is 8.21. The van der Waals surface area contributed by atoms with Crippen LogP contribution in [0.5, 0.6) is 0 Å². The van der Waals surface area contributed by atoms with E-state index < -0.39 is 38.5 Å². The molecule has 0 bridgehead atoms. The van der Waals surface area contributed by atoms with Crippen molar-refractivity contribution < 1.29 is 28.0 Å². The van der Waals surface area contributed by atoms with Crippen LogP contribution in [0.4, 0.5) is 5.82 Å². The third kappa shape index (κ3) is 2.81. The molecular formula is C14H20N5O6P. The van der Waals surface area contributed by atoms with Crippen molar-refractivity contribution in [1.29, 1.82) is 0 Å². The number of phosphoric ester groups is 1. The van der Waals surface area contributed by atoms with Crippen LogP contribution in [0.3, 0.4) is 0 Å². The van der Waals surface area contributed by atoms with Crippen LogP contribution in [-0.4, -0.2) is 55.1 Å². The molecule has 0 aliphatic carbocycles. The average molecular weight is 385 g/mol. The summed E-state index contributed by atoms with van der Waals surface area (Å²) in [6.07, 6.45) is -1.72. The van der Waals surface area contributed by atoms with E-state index in [2.05, 4.69) is 15.0 Å². The van der Waals surface area contributed by atoms with Crippen LogP contribution in [0.15, 0.2) is 12.7 Å². The molecule has 12 heteroatoms. The maximum atomic E-state index is 12.7. The zero-order chi connectivity index (χ0) is 18.6. The number of aromatic nitrogens is 4. The predicted molar refractivity (Wildman–Crippen MR) is 88.9 cm³/mol. The normalized spacial score (nSPS) is 37.3. The molecule has 2 saturated heterocycles. The number of hydrogen-bond acceptors (Lipinski definition) is 10. The molecule has 2 fully saturated rings. The number of imidazole rings is 1. The lowest BCUT2D eigenvalue weighted by Crippen LogP contribution is -2.44. The van der Waals surface area contributed by atoms with Crippen LogP contribution >= 0.6 is 7.82 Å². The van der Waals surface area contributed by atoms with Crippen molar-refractivity contribution in [2.75, 3.05) is 5.73 Å². The highest BCUT2D eigenvalue weighted by atomic mass is 31.2. The van der Waals surface area contributed by atoms with E-state index in [4.69, 9.17) is 24.0 Å². The molecule has 2 aliphatic heterocycles. The highest BCUT2D eigenvalue weighted by Gasteiger charge is 2.56. The number of rotatable bonds is 3. The van der Waals surface area contributed by atoms with Crippen LogP contribution < -0.4 is 5.73 Å². The lowest BCUT2D eigenvalue weighted by Gasteiger charge is -2.35. The summed E-state index contributed by atoms with van der Waals surface area (Å²) in [4.78, 5) is 12.2. The summed E-state index contributed by atoms with van der Waals surface area (Å²) in [6.45, 7) is 5.13. The van der Waals surface area contributed by atoms with E-state index in [0.29, 0.717) is 11.2 Å². The number of phosphoric acid groups is 1. The highest BCUT2D eigenvalue weighted by Crippen LogP contribution is 2.59. The summed E-state index contributed by atoms with van der Waals surface area (Å²) in [5.41, 5.74) is 6.61. The Bertz CT molecular complexity index is 875. The van der Waals surface area contributed by atoms with E-state index in [-0.39, 0.29) is 11.9 Å². The zero-order valence-electron chi connectivity index (χ0n) is 14.4. The van der Waals surface area contributed by atoms with Gasteiger partial charge in [-0.3, -0.25) is 18.1 Å². The quantitative estimate of drug-likeness (QED) is 0.734. The van der Waals surface area contributed by atoms with Crippen LogP contribution in [0, 0.1) is 0 Å². The third-order valence-electron chi connectivity index (χ3n) is 4.26. The zero-order valence-corrected chi connectivity index (χ0v) is 15.3. The molecule has 6 atom stereocenters. The number of nitrogen functional groups attached to an aromatic ring is 1. The van der Waals surface area contributed by atoms with Crippen molar-refractivity contribution in [3.63, 3.8) is 0 Å². The van der Waals surface area contributed by atoms with Gasteiger partial charge < -0.3 is 15.6 Å². The van der Waals surface area contributed by atoms with Crippen LogP contribution in [0.1, 0.15) is 27.0 Å². The number of nitrogens with two attached hydrogens (primary N) is 1. The Morgan fingerprint density at radius 1 is 1.31 bits per heavy atom. The molecule has 0 spiro atoms. The molecular weight excluding hydrogens is 365 g/mol. The van der Waals surface area contributed by atoms with Crippen LogP contribution in [0.25, 0.3) is 11.2 Å². The Morgan fingerprint density at radius 3 is 2.81 bits per heavy atom. The molecule has 0 amide bonds. The maximum absolute atomic E-state index is 12.7. The van der Waals surface area contributed by atoms with Crippen molar-refractivity contribution in [2.24, 2.45) is 0 Å². The number of nitrogens with zero attached hydrogens (tertiary/aromatic N) is 4. The summed E-state index contributed by atoms with van der Waals surface area (Å²) in [7, 11) is -3.80. The second-order valence-corrected chi connectivity index (χ2v) is 8.07. The number of aliphatic hydroxyl groups is 1. The largest absolute Gasteiger partial charge is 0.475 e. The lowest BCUT2D eigenvalue weighted by molar-refractivity contribution is -0.106. The van der Waals surface area contributed by atoms with Crippen LogP contribution in [-0.2, 0) is 22.9 Å². The smallest absolute Gasteiger partial charge is 0.386 e. The Kier molecular flexibility index (Phi) is 4.25. The Balaban J connectivity index is 1.66. The summed E-state index contributed by atoms with van der Waals surface area (Å²) in [5, 5.41) is 10.8. The van der Waals surface area contributed by atoms with E-state index in [1.54, 1.807) is 25.3 Å². The van der Waals surface area contributed by atoms with Gasteiger partial charge in [-0.15, -0.1) is 0 Å². The first-order chi connectivity index (χ1) is 12.3. The van der Waals surface area contributed by atoms with Gasteiger partial charge in [-0.2, -0.15) is 0 Å². The summed E-state index contributed by atoms with van der Waals surface area (Å²) >= 11 is 0.